The number of nitrogens with one attached hydrogen (secondary N) is 1. The molecule has 47 heavy (non-hydrogen) atoms. The second-order valence-electron chi connectivity index (χ2n) is 11.0. The summed E-state index contributed by atoms with van der Waals surface area (Å²) in [7, 11) is 0. The minimum absolute atomic E-state index is 0.381. The van der Waals surface area contributed by atoms with Gasteiger partial charge in [0.2, 0.25) is 23.9 Å². The zero-order chi connectivity index (χ0) is 31.4. The number of aromatic nitrogens is 2. The molecule has 0 radical (unpaired) electrons. The van der Waals surface area contributed by atoms with Gasteiger partial charge >= 0.3 is 0 Å². The molecule has 7 heteroatoms. The van der Waals surface area contributed by atoms with Crippen LogP contribution in [0.25, 0.3) is 45.2 Å². The highest BCUT2D eigenvalue weighted by Crippen LogP contribution is 2.30. The van der Waals surface area contributed by atoms with Gasteiger partial charge in [-0.15, -0.1) is 15.3 Å². The second-order valence-corrected chi connectivity index (χ2v) is 11.0. The maximum absolute atomic E-state index is 6.12. The summed E-state index contributed by atoms with van der Waals surface area (Å²) in [4.78, 5) is 0. The van der Waals surface area contributed by atoms with Gasteiger partial charge in [0.25, 0.3) is 0 Å². The minimum atomic E-state index is -0.381. The number of benzene rings is 6. The first-order valence-corrected chi connectivity index (χ1v) is 15.3. The molecule has 7 aromatic rings. The van der Waals surface area contributed by atoms with Crippen LogP contribution in [-0.2, 0) is 4.74 Å². The molecule has 1 N–H and O–H groups in total. The second kappa shape index (κ2) is 12.5. The Morgan fingerprint density at radius 2 is 0.872 bits per heavy atom. The van der Waals surface area contributed by atoms with Crippen LogP contribution in [-0.4, -0.2) is 16.1 Å². The van der Waals surface area contributed by atoms with Gasteiger partial charge in [-0.05, 0) is 95.1 Å². The first-order valence-electron chi connectivity index (χ1n) is 15.3. The van der Waals surface area contributed by atoms with Gasteiger partial charge in [-0.1, -0.05) is 84.9 Å². The third-order valence-electron chi connectivity index (χ3n) is 7.94. The van der Waals surface area contributed by atoms with Crippen molar-refractivity contribution in [2.75, 3.05) is 0 Å². The number of hydrazone groups is 1. The molecule has 0 amide bonds. The Kier molecular flexibility index (Phi) is 7.45. The van der Waals surface area contributed by atoms with E-state index in [2.05, 4.69) is 69.3 Å². The lowest BCUT2D eigenvalue weighted by molar-refractivity contribution is 0.191. The zero-order valence-corrected chi connectivity index (χ0v) is 25.2. The van der Waals surface area contributed by atoms with Gasteiger partial charge in [0.1, 0.15) is 11.5 Å². The lowest BCUT2D eigenvalue weighted by atomic mass is 10.0. The summed E-state index contributed by atoms with van der Waals surface area (Å²) in [6.07, 6.45) is -0.381. The average Bonchev–Trinajstić information content (AvgIpc) is 3.85. The fourth-order valence-electron chi connectivity index (χ4n) is 5.40. The quantitative estimate of drug-likeness (QED) is 0.184. The molecule has 226 valence electrons. The highest BCUT2D eigenvalue weighted by atomic mass is 16.5. The molecule has 1 unspecified atom stereocenters. The summed E-state index contributed by atoms with van der Waals surface area (Å²) in [6.45, 7) is 0. The predicted octanol–water partition coefficient (Wildman–Crippen LogP) is 9.51. The maximum Gasteiger partial charge on any atom is 0.248 e. The molecule has 1 aliphatic rings. The van der Waals surface area contributed by atoms with Gasteiger partial charge in [-0.2, -0.15) is 0 Å². The lowest BCUT2D eigenvalue weighted by Gasteiger charge is -2.13. The molecular formula is C40H28N4O3. The van der Waals surface area contributed by atoms with Crippen LogP contribution in [0.1, 0.15) is 17.4 Å². The minimum Gasteiger partial charge on any atom is -0.457 e. The van der Waals surface area contributed by atoms with Crippen LogP contribution < -0.4 is 10.2 Å². The molecular weight excluding hydrogens is 584 g/mol. The molecule has 0 saturated carbocycles. The molecule has 0 saturated heterocycles. The van der Waals surface area contributed by atoms with Crippen molar-refractivity contribution in [3.05, 3.63) is 169 Å². The molecule has 1 aliphatic heterocycles. The molecule has 0 spiro atoms. The van der Waals surface area contributed by atoms with Gasteiger partial charge in [-0.25, -0.2) is 0 Å². The first-order chi connectivity index (χ1) is 23.2. The molecule has 0 aliphatic carbocycles. The number of hydrogen-bond acceptors (Lipinski definition) is 7. The summed E-state index contributed by atoms with van der Waals surface area (Å²) >= 11 is 0. The van der Waals surface area contributed by atoms with Crippen LogP contribution in [0.15, 0.2) is 167 Å². The third kappa shape index (κ3) is 6.10. The maximum atomic E-state index is 6.12. The fourth-order valence-corrected chi connectivity index (χ4v) is 5.40. The highest BCUT2D eigenvalue weighted by Gasteiger charge is 2.22. The molecule has 1 aromatic heterocycles. The molecule has 0 bridgehead atoms. The van der Waals surface area contributed by atoms with Crippen LogP contribution in [0.4, 0.5) is 0 Å². The molecule has 0 fully saturated rings. The summed E-state index contributed by atoms with van der Waals surface area (Å²) in [5.74, 6) is 2.87. The normalized spacial score (nSPS) is 13.8. The summed E-state index contributed by atoms with van der Waals surface area (Å²) in [5.41, 5.74) is 11.2. The van der Waals surface area contributed by atoms with E-state index >= 15 is 0 Å². The topological polar surface area (TPSA) is 81.8 Å². The molecule has 7 nitrogen and oxygen atoms in total. The third-order valence-corrected chi connectivity index (χ3v) is 7.94. The fraction of sp³-hybridized carbons (Fsp3) is 0.0250. The van der Waals surface area contributed by atoms with E-state index in [1.54, 1.807) is 0 Å². The van der Waals surface area contributed by atoms with Gasteiger partial charge in [0.05, 0.1) is 0 Å². The van der Waals surface area contributed by atoms with Gasteiger partial charge < -0.3 is 13.9 Å². The Labute approximate surface area is 271 Å². The Balaban J connectivity index is 0.873. The van der Waals surface area contributed by atoms with Crippen molar-refractivity contribution >= 4 is 5.90 Å². The first kappa shape index (κ1) is 28.0. The van der Waals surface area contributed by atoms with Crippen LogP contribution in [0.2, 0.25) is 0 Å². The average molecular weight is 613 g/mol. The van der Waals surface area contributed by atoms with Crippen molar-refractivity contribution in [3.63, 3.8) is 0 Å². The number of rotatable bonds is 8. The van der Waals surface area contributed by atoms with Crippen molar-refractivity contribution in [1.82, 2.24) is 15.6 Å². The number of ether oxygens (including phenoxy) is 2. The van der Waals surface area contributed by atoms with E-state index in [0.29, 0.717) is 29.2 Å². The largest absolute Gasteiger partial charge is 0.457 e. The van der Waals surface area contributed by atoms with Gasteiger partial charge in [0, 0.05) is 22.3 Å². The predicted molar refractivity (Wildman–Crippen MR) is 182 cm³/mol. The van der Waals surface area contributed by atoms with Gasteiger partial charge in [0.15, 0.2) is 0 Å². The van der Waals surface area contributed by atoms with E-state index in [4.69, 9.17) is 13.9 Å². The monoisotopic (exact) mass is 612 g/mol. The van der Waals surface area contributed by atoms with E-state index in [-0.39, 0.29) is 6.23 Å². The molecule has 6 aromatic carbocycles. The molecule has 1 atom stereocenters. The summed E-state index contributed by atoms with van der Waals surface area (Å²) < 4.78 is 18.2. The van der Waals surface area contributed by atoms with E-state index in [0.717, 1.165) is 38.9 Å². The Bertz CT molecular complexity index is 2130. The Morgan fingerprint density at radius 3 is 1.40 bits per heavy atom. The number of hydrogen-bond donors (Lipinski definition) is 1. The molecule has 8 rings (SSSR count). The van der Waals surface area contributed by atoms with Gasteiger partial charge in [-0.3, -0.25) is 5.43 Å². The SMILES string of the molecule is c1ccc(-c2ccc(C3=NNC(c4ccc(Oc5ccc(-c6nnc(-c7ccc(-c8ccccc8)cc7)o6)cc5)cc4)O3)cc2)cc1. The van der Waals surface area contributed by atoms with Crippen molar-refractivity contribution in [3.8, 4) is 56.7 Å². The zero-order valence-electron chi connectivity index (χ0n) is 25.2. The van der Waals surface area contributed by atoms with Crippen molar-refractivity contribution in [2.45, 2.75) is 6.23 Å². The summed E-state index contributed by atoms with van der Waals surface area (Å²) in [6, 6.07) is 52.1. The molecule has 2 heterocycles. The number of nitrogens with zero attached hydrogens (tertiary/aromatic N) is 3. The van der Waals surface area contributed by atoms with Crippen LogP contribution in [0, 0.1) is 0 Å². The van der Waals surface area contributed by atoms with Crippen LogP contribution >= 0.6 is 0 Å². The van der Waals surface area contributed by atoms with E-state index < -0.39 is 0 Å². The van der Waals surface area contributed by atoms with Crippen molar-refractivity contribution in [2.24, 2.45) is 5.10 Å². The standard InChI is InChI=1S/C40H28N4O3/c1-3-7-27(8-4-1)29-11-15-31(16-12-29)37-41-43-39(46-37)33-19-23-35(24-20-33)45-36-25-21-34(22-26-36)40-44-42-38(47-40)32-17-13-30(14-18-32)28-9-5-2-6-10-28/h1-26,39,43H. The van der Waals surface area contributed by atoms with Crippen molar-refractivity contribution in [1.29, 1.82) is 0 Å². The highest BCUT2D eigenvalue weighted by molar-refractivity contribution is 5.95. The van der Waals surface area contributed by atoms with Crippen molar-refractivity contribution < 1.29 is 13.9 Å². The Morgan fingerprint density at radius 1 is 0.447 bits per heavy atom. The smallest absolute Gasteiger partial charge is 0.248 e. The van der Waals surface area contributed by atoms with E-state index in [1.165, 1.54) is 5.56 Å². The van der Waals surface area contributed by atoms with Crippen LogP contribution in [0.5, 0.6) is 11.5 Å². The Hall–Kier alpha value is -6.47. The van der Waals surface area contributed by atoms with E-state index in [1.807, 2.05) is 109 Å². The van der Waals surface area contributed by atoms with E-state index in [9.17, 15) is 0 Å². The van der Waals surface area contributed by atoms with Crippen LogP contribution in [0.3, 0.4) is 0 Å². The summed E-state index contributed by atoms with van der Waals surface area (Å²) in [5, 5.41) is 12.9. The lowest BCUT2D eigenvalue weighted by Crippen LogP contribution is -2.12.